The van der Waals surface area contributed by atoms with Crippen molar-refractivity contribution in [1.82, 2.24) is 0 Å². The first-order valence-corrected chi connectivity index (χ1v) is 10.2. The molecule has 0 unspecified atom stereocenters. The van der Waals surface area contributed by atoms with Gasteiger partial charge in [-0.15, -0.1) is 0 Å². The Labute approximate surface area is 180 Å². The average molecular weight is 588 g/mol. The van der Waals surface area contributed by atoms with Crippen molar-refractivity contribution in [2.45, 2.75) is 22.2 Å². The van der Waals surface area contributed by atoms with Crippen molar-refractivity contribution in [3.8, 4) is 11.1 Å². The zero-order valence-electron chi connectivity index (χ0n) is 13.8. The Bertz CT molecular complexity index is 1120. The average Bonchev–Trinajstić information content (AvgIpc) is 2.59. The summed E-state index contributed by atoms with van der Waals surface area (Å²) in [6, 6.07) is 6.42. The van der Waals surface area contributed by atoms with Gasteiger partial charge in [0.15, 0.2) is 0 Å². The molecule has 0 aromatic heterocycles. The number of nitro benzene ring substituents is 1. The fourth-order valence-electron chi connectivity index (χ4n) is 2.23. The first-order valence-electron chi connectivity index (χ1n) is 7.18. The van der Waals surface area contributed by atoms with Gasteiger partial charge in [0, 0.05) is 32.7 Å². The van der Waals surface area contributed by atoms with E-state index in [1.807, 2.05) is 0 Å². The first kappa shape index (κ1) is 24.5. The number of rotatable bonds is 5. The Kier molecular flexibility index (Phi) is 6.33. The molecule has 0 amide bonds. The molecule has 15 heteroatoms. The molecule has 30 heavy (non-hydrogen) atoms. The highest BCUT2D eigenvalue weighted by Crippen LogP contribution is 2.52. The molecule has 0 saturated carbocycles. The molecule has 1 radical (unpaired) electrons. The minimum Gasteiger partial charge on any atom is -0.258 e. The van der Waals surface area contributed by atoms with Gasteiger partial charge in [-0.2, -0.15) is 30.7 Å². The van der Waals surface area contributed by atoms with Crippen LogP contribution >= 0.6 is 31.9 Å². The third-order valence-electron chi connectivity index (χ3n) is 3.65. The van der Waals surface area contributed by atoms with Gasteiger partial charge in [-0.05, 0) is 27.6 Å². The van der Waals surface area contributed by atoms with E-state index < -0.39 is 58.3 Å². The van der Waals surface area contributed by atoms with Gasteiger partial charge in [-0.1, -0.05) is 28.1 Å². The van der Waals surface area contributed by atoms with Crippen LogP contribution in [0.1, 0.15) is 0 Å². The van der Waals surface area contributed by atoms with Crippen LogP contribution in [-0.4, -0.2) is 30.7 Å². The molecule has 0 bridgehead atoms. The summed E-state index contributed by atoms with van der Waals surface area (Å²) in [6.45, 7) is 0. The second kappa shape index (κ2) is 7.75. The van der Waals surface area contributed by atoms with E-state index in [4.69, 9.17) is 0 Å². The van der Waals surface area contributed by atoms with Crippen molar-refractivity contribution in [1.29, 1.82) is 0 Å². The van der Waals surface area contributed by atoms with E-state index in [0.29, 0.717) is 6.07 Å². The maximum Gasteiger partial charge on any atom is 0.461 e. The van der Waals surface area contributed by atoms with Crippen molar-refractivity contribution in [3.63, 3.8) is 0 Å². The summed E-state index contributed by atoms with van der Waals surface area (Å²) in [5, 5.41) is 4.32. The molecule has 2 aromatic carbocycles. The Morgan fingerprint density at radius 1 is 1.00 bits per heavy atom. The van der Waals surface area contributed by atoms with Crippen LogP contribution in [0.15, 0.2) is 44.2 Å². The smallest absolute Gasteiger partial charge is 0.258 e. The number of alkyl halides is 7. The molecule has 2 aromatic rings. The van der Waals surface area contributed by atoms with Crippen molar-refractivity contribution in [2.24, 2.45) is 0 Å². The van der Waals surface area contributed by atoms with Crippen LogP contribution in [0.4, 0.5) is 36.4 Å². The van der Waals surface area contributed by atoms with E-state index in [9.17, 15) is 49.3 Å². The summed E-state index contributed by atoms with van der Waals surface area (Å²) in [6.07, 6.45) is -6.88. The molecular formula is C15H5Br2F7NO4S. The predicted octanol–water partition coefficient (Wildman–Crippen LogP) is 6.15. The summed E-state index contributed by atoms with van der Waals surface area (Å²) < 4.78 is 116. The van der Waals surface area contributed by atoms with E-state index in [1.165, 1.54) is 0 Å². The van der Waals surface area contributed by atoms with Gasteiger partial charge in [0.25, 0.3) is 15.5 Å². The number of halogens is 9. The van der Waals surface area contributed by atoms with Gasteiger partial charge in [0.05, 0.1) is 9.82 Å². The maximum atomic E-state index is 14.1. The molecular weight excluding hydrogens is 583 g/mol. The standard InChI is InChI=1S/C15H5Br2F7NO4S/c16-8-5-10(17)12(7-2-1-3-9(4-7)25(26)27)11(6-8)30(28,29)15(23,24)13(18,19)14(20,21)22/h1-4,6H. The monoisotopic (exact) mass is 586 g/mol. The molecule has 0 saturated heterocycles. The van der Waals surface area contributed by atoms with Crippen molar-refractivity contribution in [2.75, 3.05) is 0 Å². The maximum absolute atomic E-state index is 14.1. The summed E-state index contributed by atoms with van der Waals surface area (Å²) in [4.78, 5) is 8.38. The highest BCUT2D eigenvalue weighted by atomic mass is 79.9. The summed E-state index contributed by atoms with van der Waals surface area (Å²) >= 11 is 5.46. The SMILES string of the molecule is O=[N+]([O-])c1cccc(-c2c(Br)[c]c(Br)cc2S(=O)(=O)C(F)(F)C(F)(F)C(F)(F)F)c1. The minimum absolute atomic E-state index is 0.342. The Morgan fingerprint density at radius 3 is 2.07 bits per heavy atom. The summed E-state index contributed by atoms with van der Waals surface area (Å²) in [5.41, 5.74) is -1.87. The minimum atomic E-state index is -6.93. The Balaban J connectivity index is 2.89. The molecule has 2 rings (SSSR count). The van der Waals surface area contributed by atoms with Gasteiger partial charge < -0.3 is 0 Å². The van der Waals surface area contributed by atoms with Crippen molar-refractivity contribution >= 4 is 47.4 Å². The molecule has 0 aliphatic heterocycles. The molecule has 0 N–H and O–H groups in total. The first-order chi connectivity index (χ1) is 13.4. The van der Waals surface area contributed by atoms with Crippen LogP contribution in [0, 0.1) is 16.2 Å². The zero-order chi connectivity index (χ0) is 23.3. The van der Waals surface area contributed by atoms with Crippen LogP contribution in [0.5, 0.6) is 0 Å². The van der Waals surface area contributed by atoms with Crippen LogP contribution in [0.25, 0.3) is 11.1 Å². The quantitative estimate of drug-likeness (QED) is 0.239. The lowest BCUT2D eigenvalue weighted by Gasteiger charge is -2.28. The number of hydrogen-bond acceptors (Lipinski definition) is 4. The molecule has 163 valence electrons. The normalized spacial score (nSPS) is 13.4. The van der Waals surface area contributed by atoms with Crippen LogP contribution in [0.2, 0.25) is 0 Å². The van der Waals surface area contributed by atoms with Crippen LogP contribution in [0.3, 0.4) is 0 Å². The molecule has 5 nitrogen and oxygen atoms in total. The second-order valence-corrected chi connectivity index (χ2v) is 9.18. The van der Waals surface area contributed by atoms with Crippen LogP contribution in [-0.2, 0) is 9.84 Å². The molecule has 0 aliphatic rings. The van der Waals surface area contributed by atoms with Crippen LogP contribution < -0.4 is 0 Å². The lowest BCUT2D eigenvalue weighted by Crippen LogP contribution is -2.56. The molecule has 0 spiro atoms. The van der Waals surface area contributed by atoms with E-state index in [-0.39, 0.29) is 4.47 Å². The van der Waals surface area contributed by atoms with Gasteiger partial charge in [0.2, 0.25) is 0 Å². The fourth-order valence-corrected chi connectivity index (χ4v) is 5.35. The Morgan fingerprint density at radius 2 is 1.57 bits per heavy atom. The molecule has 0 atom stereocenters. The predicted molar refractivity (Wildman–Crippen MR) is 95.9 cm³/mol. The Hall–Kier alpha value is -1.74. The van der Waals surface area contributed by atoms with Gasteiger partial charge in [-0.25, -0.2) is 8.42 Å². The number of non-ortho nitro benzene ring substituents is 1. The number of benzene rings is 2. The van der Waals surface area contributed by atoms with Gasteiger partial charge >= 0.3 is 17.4 Å². The topological polar surface area (TPSA) is 77.3 Å². The lowest BCUT2D eigenvalue weighted by molar-refractivity contribution is -0.384. The fraction of sp³-hybridized carbons (Fsp3) is 0.200. The van der Waals surface area contributed by atoms with Crippen molar-refractivity contribution in [3.05, 3.63) is 55.5 Å². The number of hydrogen-bond donors (Lipinski definition) is 0. The van der Waals surface area contributed by atoms with Gasteiger partial charge in [0.1, 0.15) is 0 Å². The zero-order valence-corrected chi connectivity index (χ0v) is 17.8. The molecule has 0 fully saturated rings. The number of nitro groups is 1. The lowest BCUT2D eigenvalue weighted by atomic mass is 10.1. The largest absolute Gasteiger partial charge is 0.461 e. The van der Waals surface area contributed by atoms with E-state index in [0.717, 1.165) is 24.3 Å². The highest BCUT2D eigenvalue weighted by molar-refractivity contribution is 9.11. The molecule has 0 heterocycles. The molecule has 0 aliphatic carbocycles. The third kappa shape index (κ3) is 3.93. The highest BCUT2D eigenvalue weighted by Gasteiger charge is 2.78. The van der Waals surface area contributed by atoms with Gasteiger partial charge in [-0.3, -0.25) is 10.1 Å². The summed E-state index contributed by atoms with van der Waals surface area (Å²) in [7, 11) is -6.69. The number of sulfone groups is 1. The van der Waals surface area contributed by atoms with E-state index in [2.05, 4.69) is 37.9 Å². The van der Waals surface area contributed by atoms with Crippen molar-refractivity contribution < 1.29 is 44.1 Å². The third-order valence-corrected chi connectivity index (χ3v) is 6.50. The second-order valence-electron chi connectivity index (χ2n) is 5.57. The van der Waals surface area contributed by atoms with E-state index >= 15 is 0 Å². The van der Waals surface area contributed by atoms with E-state index in [1.54, 1.807) is 0 Å². The number of nitrogens with zero attached hydrogens (tertiary/aromatic N) is 1. The summed E-state index contributed by atoms with van der Waals surface area (Å²) in [5.74, 6) is -6.93.